The van der Waals surface area contributed by atoms with Gasteiger partial charge in [0.25, 0.3) is 0 Å². The molecule has 16 heavy (non-hydrogen) atoms. The maximum absolute atomic E-state index is 10.8. The Morgan fingerprint density at radius 2 is 2.19 bits per heavy atom. The summed E-state index contributed by atoms with van der Waals surface area (Å²) in [4.78, 5) is 10.8. The number of hydrogen-bond donors (Lipinski definition) is 1. The summed E-state index contributed by atoms with van der Waals surface area (Å²) in [6.45, 7) is 0.537. The summed E-state index contributed by atoms with van der Waals surface area (Å²) >= 11 is 0. The summed E-state index contributed by atoms with van der Waals surface area (Å²) in [5, 5.41) is 10.8. The quantitative estimate of drug-likeness (QED) is 0.677. The lowest BCUT2D eigenvalue weighted by Crippen LogP contribution is -2.57. The molecule has 0 spiro atoms. The highest BCUT2D eigenvalue weighted by Crippen LogP contribution is 2.32. The molecule has 1 aliphatic rings. The highest BCUT2D eigenvalue weighted by Gasteiger charge is 2.16. The normalized spacial score (nSPS) is 14.8. The predicted octanol–water partition coefficient (Wildman–Crippen LogP) is -1.43. The number of carboxylic acid groups (broad SMARTS) is 1. The Kier molecular flexibility index (Phi) is 2.96. The van der Waals surface area contributed by atoms with Crippen molar-refractivity contribution in [2.75, 3.05) is 13.3 Å². The van der Waals surface area contributed by atoms with E-state index in [2.05, 4.69) is 5.73 Å². The Labute approximate surface area is 92.8 Å². The molecule has 0 unspecified atom stereocenters. The summed E-state index contributed by atoms with van der Waals surface area (Å²) in [6, 6.07) is 5.42. The van der Waals surface area contributed by atoms with Crippen molar-refractivity contribution >= 4 is 5.97 Å². The molecule has 0 saturated carbocycles. The molecule has 1 aliphatic heterocycles. The zero-order chi connectivity index (χ0) is 11.5. The van der Waals surface area contributed by atoms with Crippen LogP contribution >= 0.6 is 0 Å². The van der Waals surface area contributed by atoms with Gasteiger partial charge in [-0.1, -0.05) is 6.07 Å². The summed E-state index contributed by atoms with van der Waals surface area (Å²) in [6.07, 6.45) is 0.405. The number of hydrogen-bond acceptors (Lipinski definition) is 4. The van der Waals surface area contributed by atoms with Crippen LogP contribution in [0, 0.1) is 5.92 Å². The van der Waals surface area contributed by atoms with Gasteiger partial charge >= 0.3 is 0 Å². The number of carbonyl (C=O) groups is 1. The van der Waals surface area contributed by atoms with Gasteiger partial charge in [0.1, 0.15) is 0 Å². The zero-order valence-electron chi connectivity index (χ0n) is 8.77. The Hall–Kier alpha value is -1.75. The van der Waals surface area contributed by atoms with Crippen LogP contribution in [0.1, 0.15) is 5.56 Å². The molecule has 0 fully saturated rings. The van der Waals surface area contributed by atoms with E-state index in [1.54, 1.807) is 12.1 Å². The standard InChI is InChI=1S/C11H13NO4/c12-5-8(11(13)14)3-7-1-2-9-10(4-7)16-6-15-9/h1-2,4,8H,3,5-6,12H2,(H,13,14)/t8-/m0/s1. The van der Waals surface area contributed by atoms with E-state index < -0.39 is 11.9 Å². The summed E-state index contributed by atoms with van der Waals surface area (Å²) in [5.41, 5.74) is 4.49. The van der Waals surface area contributed by atoms with Gasteiger partial charge in [0, 0.05) is 0 Å². The van der Waals surface area contributed by atoms with Gasteiger partial charge in [0.05, 0.1) is 18.4 Å². The second-order valence-electron chi connectivity index (χ2n) is 3.70. The smallest absolute Gasteiger partial charge is 0.231 e. The molecule has 2 rings (SSSR count). The minimum atomic E-state index is -1.06. The first-order valence-electron chi connectivity index (χ1n) is 5.09. The van der Waals surface area contributed by atoms with Gasteiger partial charge < -0.3 is 25.1 Å². The SMILES string of the molecule is [NH3+]C[C@H](Cc1ccc2c(c1)OCO2)C(=O)[O-]. The second-order valence-corrected chi connectivity index (χ2v) is 3.70. The van der Waals surface area contributed by atoms with Crippen LogP contribution in [-0.2, 0) is 11.2 Å². The van der Waals surface area contributed by atoms with Crippen LogP contribution < -0.4 is 20.3 Å². The molecule has 0 aliphatic carbocycles. The van der Waals surface area contributed by atoms with E-state index in [1.165, 1.54) is 0 Å². The van der Waals surface area contributed by atoms with Crippen molar-refractivity contribution in [3.63, 3.8) is 0 Å². The predicted molar refractivity (Wildman–Crippen MR) is 52.5 cm³/mol. The second kappa shape index (κ2) is 4.40. The van der Waals surface area contributed by atoms with Crippen molar-refractivity contribution in [1.29, 1.82) is 0 Å². The molecule has 5 heteroatoms. The monoisotopic (exact) mass is 223 g/mol. The van der Waals surface area contributed by atoms with E-state index in [0.29, 0.717) is 24.5 Å². The summed E-state index contributed by atoms with van der Waals surface area (Å²) < 4.78 is 10.4. The molecular weight excluding hydrogens is 210 g/mol. The zero-order valence-corrected chi connectivity index (χ0v) is 8.77. The molecule has 0 bridgehead atoms. The van der Waals surface area contributed by atoms with Gasteiger partial charge in [-0.25, -0.2) is 0 Å². The number of quaternary nitrogens is 1. The lowest BCUT2D eigenvalue weighted by Gasteiger charge is -2.13. The molecule has 1 aromatic carbocycles. The Balaban J connectivity index is 2.13. The Morgan fingerprint density at radius 1 is 1.44 bits per heavy atom. The maximum Gasteiger partial charge on any atom is 0.231 e. The number of aliphatic carboxylic acids is 1. The van der Waals surface area contributed by atoms with Crippen LogP contribution in [0.2, 0.25) is 0 Å². The van der Waals surface area contributed by atoms with E-state index in [4.69, 9.17) is 9.47 Å². The molecule has 1 heterocycles. The van der Waals surface area contributed by atoms with Crippen molar-refractivity contribution in [1.82, 2.24) is 0 Å². The van der Waals surface area contributed by atoms with E-state index in [1.807, 2.05) is 6.07 Å². The summed E-state index contributed by atoms with van der Waals surface area (Å²) in [5.74, 6) is -0.255. The van der Waals surface area contributed by atoms with Crippen LogP contribution in [0.5, 0.6) is 11.5 Å². The highest BCUT2D eigenvalue weighted by molar-refractivity contribution is 5.68. The molecular formula is C11H13NO4. The average molecular weight is 223 g/mol. The molecule has 1 atom stereocenters. The highest BCUT2D eigenvalue weighted by atomic mass is 16.7. The van der Waals surface area contributed by atoms with Gasteiger partial charge in [0.2, 0.25) is 6.79 Å². The lowest BCUT2D eigenvalue weighted by atomic mass is 9.99. The molecule has 86 valence electrons. The van der Waals surface area contributed by atoms with Gasteiger partial charge in [-0.2, -0.15) is 0 Å². The Bertz CT molecular complexity index is 405. The van der Waals surface area contributed by atoms with Crippen LogP contribution in [0.3, 0.4) is 0 Å². The van der Waals surface area contributed by atoms with Crippen molar-refractivity contribution < 1.29 is 25.1 Å². The number of ether oxygens (including phenoxy) is 2. The Morgan fingerprint density at radius 3 is 2.88 bits per heavy atom. The third kappa shape index (κ3) is 2.09. The number of carbonyl (C=O) groups excluding carboxylic acids is 1. The third-order valence-corrected chi connectivity index (χ3v) is 2.60. The van der Waals surface area contributed by atoms with Crippen molar-refractivity contribution in [3.8, 4) is 11.5 Å². The van der Waals surface area contributed by atoms with Crippen LogP contribution in [-0.4, -0.2) is 19.3 Å². The van der Waals surface area contributed by atoms with Crippen LogP contribution in [0.25, 0.3) is 0 Å². The maximum atomic E-state index is 10.8. The molecule has 0 aromatic heterocycles. The van der Waals surface area contributed by atoms with Crippen molar-refractivity contribution in [3.05, 3.63) is 23.8 Å². The van der Waals surface area contributed by atoms with Crippen LogP contribution in [0.4, 0.5) is 0 Å². The van der Waals surface area contributed by atoms with Gasteiger partial charge in [0.15, 0.2) is 11.5 Å². The number of benzene rings is 1. The molecule has 5 nitrogen and oxygen atoms in total. The summed E-state index contributed by atoms with van der Waals surface area (Å²) in [7, 11) is 0. The molecule has 0 saturated heterocycles. The third-order valence-electron chi connectivity index (χ3n) is 2.60. The fourth-order valence-corrected chi connectivity index (χ4v) is 1.66. The van der Waals surface area contributed by atoms with E-state index in [-0.39, 0.29) is 6.79 Å². The molecule has 0 amide bonds. The number of rotatable bonds is 4. The fraction of sp³-hybridized carbons (Fsp3) is 0.364. The lowest BCUT2D eigenvalue weighted by molar-refractivity contribution is -0.387. The van der Waals surface area contributed by atoms with E-state index in [0.717, 1.165) is 5.56 Å². The number of fused-ring (bicyclic) bond motifs is 1. The average Bonchev–Trinajstić information content (AvgIpc) is 2.72. The van der Waals surface area contributed by atoms with Gasteiger partial charge in [-0.05, 0) is 24.1 Å². The molecule has 0 radical (unpaired) electrons. The van der Waals surface area contributed by atoms with Crippen molar-refractivity contribution in [2.24, 2.45) is 5.92 Å². The van der Waals surface area contributed by atoms with E-state index >= 15 is 0 Å². The van der Waals surface area contributed by atoms with Crippen LogP contribution in [0.15, 0.2) is 18.2 Å². The van der Waals surface area contributed by atoms with Gasteiger partial charge in [-0.15, -0.1) is 0 Å². The minimum absolute atomic E-state index is 0.220. The largest absolute Gasteiger partial charge is 0.550 e. The molecule has 3 N–H and O–H groups in total. The van der Waals surface area contributed by atoms with E-state index in [9.17, 15) is 9.90 Å². The molecule has 1 aromatic rings. The first kappa shape index (κ1) is 10.8. The fourth-order valence-electron chi connectivity index (χ4n) is 1.66. The number of carboxylic acids is 1. The first-order valence-corrected chi connectivity index (χ1v) is 5.09. The topological polar surface area (TPSA) is 86.2 Å². The van der Waals surface area contributed by atoms with Gasteiger partial charge in [-0.3, -0.25) is 0 Å². The van der Waals surface area contributed by atoms with Crippen molar-refractivity contribution in [2.45, 2.75) is 6.42 Å². The minimum Gasteiger partial charge on any atom is -0.550 e. The first-order chi connectivity index (χ1) is 7.70.